The number of hydrogen-bond acceptors (Lipinski definition) is 4. The summed E-state index contributed by atoms with van der Waals surface area (Å²) >= 11 is 1.46. The zero-order chi connectivity index (χ0) is 14.5. The third-order valence-electron chi connectivity index (χ3n) is 2.86. The van der Waals surface area contributed by atoms with Crippen LogP contribution < -0.4 is 5.32 Å². The number of anilines is 1. The van der Waals surface area contributed by atoms with E-state index in [-0.39, 0.29) is 0 Å². The number of thiophene rings is 1. The van der Waals surface area contributed by atoms with Gasteiger partial charge in [0.15, 0.2) is 0 Å². The smallest absolute Gasteiger partial charge is 0.336 e. The first-order valence-electron chi connectivity index (χ1n) is 6.33. The summed E-state index contributed by atoms with van der Waals surface area (Å²) in [4.78, 5) is 14.0. The van der Waals surface area contributed by atoms with E-state index in [1.54, 1.807) is 11.4 Å². The molecule has 0 spiro atoms. The van der Waals surface area contributed by atoms with Crippen molar-refractivity contribution in [1.29, 1.82) is 0 Å². The van der Waals surface area contributed by atoms with E-state index < -0.39 is 5.97 Å². The van der Waals surface area contributed by atoms with Gasteiger partial charge in [-0.05, 0) is 31.8 Å². The number of nitrogens with one attached hydrogen (secondary N) is 1. The van der Waals surface area contributed by atoms with Crippen molar-refractivity contribution in [1.82, 2.24) is 4.90 Å². The van der Waals surface area contributed by atoms with Gasteiger partial charge in [-0.15, -0.1) is 11.3 Å². The molecule has 2 aromatic rings. The average Bonchev–Trinajstić information content (AvgIpc) is 2.86. The van der Waals surface area contributed by atoms with Gasteiger partial charge in [-0.1, -0.05) is 18.2 Å². The van der Waals surface area contributed by atoms with Crippen LogP contribution in [0.2, 0.25) is 0 Å². The van der Waals surface area contributed by atoms with Crippen LogP contribution in [0.1, 0.15) is 20.8 Å². The molecular weight excluding hydrogens is 272 g/mol. The van der Waals surface area contributed by atoms with Gasteiger partial charge in [0.05, 0.1) is 5.56 Å². The number of nitrogens with zero attached hydrogens (tertiary/aromatic N) is 1. The van der Waals surface area contributed by atoms with E-state index in [0.717, 1.165) is 17.1 Å². The molecule has 0 saturated carbocycles. The fourth-order valence-electron chi connectivity index (χ4n) is 1.94. The maximum atomic E-state index is 10.8. The molecule has 106 valence electrons. The number of carbonyl (C=O) groups is 1. The summed E-state index contributed by atoms with van der Waals surface area (Å²) in [6.07, 6.45) is 0. The van der Waals surface area contributed by atoms with E-state index in [4.69, 9.17) is 5.11 Å². The highest BCUT2D eigenvalue weighted by Gasteiger charge is 2.07. The molecule has 4 nitrogen and oxygen atoms in total. The third kappa shape index (κ3) is 3.82. The van der Waals surface area contributed by atoms with Crippen LogP contribution in [-0.2, 0) is 13.1 Å². The van der Waals surface area contributed by atoms with Crippen molar-refractivity contribution in [2.75, 3.05) is 19.4 Å². The van der Waals surface area contributed by atoms with Crippen molar-refractivity contribution in [3.63, 3.8) is 0 Å². The van der Waals surface area contributed by atoms with E-state index >= 15 is 0 Å². The number of benzene rings is 1. The van der Waals surface area contributed by atoms with E-state index in [1.165, 1.54) is 16.9 Å². The number of hydrogen-bond donors (Lipinski definition) is 2. The molecule has 0 saturated heterocycles. The van der Waals surface area contributed by atoms with Gasteiger partial charge < -0.3 is 15.3 Å². The molecule has 2 rings (SSSR count). The van der Waals surface area contributed by atoms with Crippen molar-refractivity contribution in [2.24, 2.45) is 0 Å². The first kappa shape index (κ1) is 14.6. The van der Waals surface area contributed by atoms with Gasteiger partial charge in [-0.2, -0.15) is 0 Å². The maximum absolute atomic E-state index is 10.8. The second-order valence-corrected chi connectivity index (χ2v) is 5.85. The largest absolute Gasteiger partial charge is 0.478 e. The summed E-state index contributed by atoms with van der Waals surface area (Å²) < 4.78 is 0. The van der Waals surface area contributed by atoms with Crippen LogP contribution in [0.15, 0.2) is 35.7 Å². The lowest BCUT2D eigenvalue weighted by Crippen LogP contribution is -2.12. The fraction of sp³-hybridized carbons (Fsp3) is 0.267. The molecule has 5 heteroatoms. The van der Waals surface area contributed by atoms with Crippen LogP contribution in [0.5, 0.6) is 0 Å². The Morgan fingerprint density at radius 1 is 1.35 bits per heavy atom. The van der Waals surface area contributed by atoms with Crippen LogP contribution in [0.4, 0.5) is 5.69 Å². The summed E-state index contributed by atoms with van der Waals surface area (Å²) in [5, 5.41) is 14.0. The summed E-state index contributed by atoms with van der Waals surface area (Å²) in [7, 11) is 4.07. The van der Waals surface area contributed by atoms with Gasteiger partial charge in [-0.3, -0.25) is 0 Å². The Labute approximate surface area is 122 Å². The SMILES string of the molecule is CN(C)Cc1ccccc1NCc1cc(C(=O)O)cs1. The van der Waals surface area contributed by atoms with Crippen LogP contribution in [0.3, 0.4) is 0 Å². The quantitative estimate of drug-likeness (QED) is 0.858. The van der Waals surface area contributed by atoms with E-state index in [9.17, 15) is 4.79 Å². The van der Waals surface area contributed by atoms with Crippen LogP contribution in [-0.4, -0.2) is 30.1 Å². The standard InChI is InChI=1S/C15H18N2O2S/c1-17(2)9-11-5-3-4-6-14(11)16-8-13-7-12(10-20-13)15(18)19/h3-7,10,16H,8-9H2,1-2H3,(H,18,19). The first-order chi connectivity index (χ1) is 9.56. The van der Waals surface area contributed by atoms with E-state index in [0.29, 0.717) is 12.1 Å². The van der Waals surface area contributed by atoms with Crippen molar-refractivity contribution in [2.45, 2.75) is 13.1 Å². The minimum atomic E-state index is -0.875. The Morgan fingerprint density at radius 3 is 2.75 bits per heavy atom. The molecular formula is C15H18N2O2S. The lowest BCUT2D eigenvalue weighted by molar-refractivity contribution is 0.0697. The number of carboxylic acids is 1. The zero-order valence-corrected chi connectivity index (χ0v) is 12.4. The molecule has 0 atom stereocenters. The fourth-order valence-corrected chi connectivity index (χ4v) is 2.74. The molecule has 0 fully saturated rings. The summed E-state index contributed by atoms with van der Waals surface area (Å²) in [6.45, 7) is 1.51. The van der Waals surface area contributed by atoms with Gasteiger partial charge in [0.25, 0.3) is 0 Å². The Bertz CT molecular complexity index is 593. The molecule has 0 unspecified atom stereocenters. The number of para-hydroxylation sites is 1. The molecule has 1 aromatic heterocycles. The van der Waals surface area contributed by atoms with Crippen LogP contribution in [0, 0.1) is 0 Å². The molecule has 1 aromatic carbocycles. The highest BCUT2D eigenvalue weighted by atomic mass is 32.1. The minimum absolute atomic E-state index is 0.355. The topological polar surface area (TPSA) is 52.6 Å². The second-order valence-electron chi connectivity index (χ2n) is 4.86. The highest BCUT2D eigenvalue weighted by molar-refractivity contribution is 7.10. The predicted molar refractivity (Wildman–Crippen MR) is 82.4 cm³/mol. The monoisotopic (exact) mass is 290 g/mol. The molecule has 0 aliphatic rings. The Morgan fingerprint density at radius 2 is 2.10 bits per heavy atom. The summed E-state index contributed by atoms with van der Waals surface area (Å²) in [6, 6.07) is 9.88. The normalized spacial score (nSPS) is 10.8. The number of carboxylic acid groups (broad SMARTS) is 1. The van der Waals surface area contributed by atoms with E-state index in [1.807, 2.05) is 32.3 Å². The molecule has 0 radical (unpaired) electrons. The van der Waals surface area contributed by atoms with Gasteiger partial charge in [0.2, 0.25) is 0 Å². The second kappa shape index (κ2) is 6.54. The molecule has 0 aliphatic heterocycles. The molecule has 20 heavy (non-hydrogen) atoms. The van der Waals surface area contributed by atoms with E-state index in [2.05, 4.69) is 16.3 Å². The molecule has 0 aliphatic carbocycles. The van der Waals surface area contributed by atoms with Gasteiger partial charge in [-0.25, -0.2) is 4.79 Å². The minimum Gasteiger partial charge on any atom is -0.478 e. The van der Waals surface area contributed by atoms with Gasteiger partial charge in [0, 0.05) is 29.0 Å². The van der Waals surface area contributed by atoms with Crippen LogP contribution in [0.25, 0.3) is 0 Å². The molecule has 2 N–H and O–H groups in total. The first-order valence-corrected chi connectivity index (χ1v) is 7.21. The summed E-state index contributed by atoms with van der Waals surface area (Å²) in [5.74, 6) is -0.875. The van der Waals surface area contributed by atoms with Gasteiger partial charge in [0.1, 0.15) is 0 Å². The van der Waals surface area contributed by atoms with Crippen molar-refractivity contribution in [3.05, 3.63) is 51.7 Å². The number of rotatable bonds is 6. The molecule has 0 amide bonds. The Hall–Kier alpha value is -1.85. The lowest BCUT2D eigenvalue weighted by atomic mass is 10.1. The maximum Gasteiger partial charge on any atom is 0.336 e. The number of aromatic carboxylic acids is 1. The zero-order valence-electron chi connectivity index (χ0n) is 11.6. The lowest BCUT2D eigenvalue weighted by Gasteiger charge is -2.15. The predicted octanol–water partition coefficient (Wildman–Crippen LogP) is 3.12. The van der Waals surface area contributed by atoms with Crippen LogP contribution >= 0.6 is 11.3 Å². The van der Waals surface area contributed by atoms with Crippen molar-refractivity contribution >= 4 is 23.0 Å². The summed E-state index contributed by atoms with van der Waals surface area (Å²) in [5.41, 5.74) is 2.67. The van der Waals surface area contributed by atoms with Gasteiger partial charge >= 0.3 is 5.97 Å². The van der Waals surface area contributed by atoms with Crippen molar-refractivity contribution < 1.29 is 9.90 Å². The van der Waals surface area contributed by atoms with Crippen molar-refractivity contribution in [3.8, 4) is 0 Å². The average molecular weight is 290 g/mol. The third-order valence-corrected chi connectivity index (χ3v) is 3.79. The highest BCUT2D eigenvalue weighted by Crippen LogP contribution is 2.20. The Kier molecular flexibility index (Phi) is 4.76. The molecule has 1 heterocycles. The Balaban J connectivity index is 2.04. The molecule has 0 bridgehead atoms.